The molecule has 3 rings (SSSR count). The summed E-state index contributed by atoms with van der Waals surface area (Å²) in [5.74, 6) is 0.864. The molecule has 1 amide bonds. The molecular formula is C17H24N2O. The molecule has 0 aliphatic carbocycles. The van der Waals surface area contributed by atoms with E-state index in [1.807, 2.05) is 0 Å². The standard InChI is InChI=1S/C17H24N2O/c1-17(9-5-10-18-13-17)16(20)19-11-8-15(12-19)14-6-3-2-4-7-14/h2-4,6-7,15,18H,5,8-13H2,1H3. The number of benzene rings is 1. The van der Waals surface area contributed by atoms with Crippen molar-refractivity contribution in [3.05, 3.63) is 35.9 Å². The molecule has 2 fully saturated rings. The monoisotopic (exact) mass is 272 g/mol. The largest absolute Gasteiger partial charge is 0.342 e. The van der Waals surface area contributed by atoms with Gasteiger partial charge in [-0.05, 0) is 38.3 Å². The van der Waals surface area contributed by atoms with Gasteiger partial charge in [0, 0.05) is 25.6 Å². The Kier molecular flexibility index (Phi) is 3.79. The summed E-state index contributed by atoms with van der Waals surface area (Å²) in [5.41, 5.74) is 1.18. The third kappa shape index (κ3) is 2.59. The zero-order valence-electron chi connectivity index (χ0n) is 12.3. The molecule has 0 bridgehead atoms. The molecule has 1 aromatic rings. The highest BCUT2D eigenvalue weighted by molar-refractivity contribution is 5.83. The average molecular weight is 272 g/mol. The van der Waals surface area contributed by atoms with Crippen molar-refractivity contribution < 1.29 is 4.79 Å². The summed E-state index contributed by atoms with van der Waals surface area (Å²) in [6.07, 6.45) is 3.22. The number of hydrogen-bond acceptors (Lipinski definition) is 2. The van der Waals surface area contributed by atoms with Gasteiger partial charge >= 0.3 is 0 Å². The number of carbonyl (C=O) groups excluding carboxylic acids is 1. The highest BCUT2D eigenvalue weighted by Crippen LogP contribution is 2.33. The lowest BCUT2D eigenvalue weighted by molar-refractivity contribution is -0.141. The fourth-order valence-corrected chi connectivity index (χ4v) is 3.56. The minimum Gasteiger partial charge on any atom is -0.342 e. The summed E-state index contributed by atoms with van der Waals surface area (Å²) in [6.45, 7) is 5.80. The van der Waals surface area contributed by atoms with Gasteiger partial charge in [0.1, 0.15) is 0 Å². The lowest BCUT2D eigenvalue weighted by Crippen LogP contribution is -2.49. The Morgan fingerprint density at radius 3 is 2.85 bits per heavy atom. The second-order valence-electron chi connectivity index (χ2n) is 6.49. The van der Waals surface area contributed by atoms with Crippen molar-refractivity contribution in [1.82, 2.24) is 10.2 Å². The molecular weight excluding hydrogens is 248 g/mol. The van der Waals surface area contributed by atoms with Gasteiger partial charge < -0.3 is 10.2 Å². The predicted molar refractivity (Wildman–Crippen MR) is 80.6 cm³/mol. The smallest absolute Gasteiger partial charge is 0.229 e. The van der Waals surface area contributed by atoms with Crippen molar-refractivity contribution in [2.75, 3.05) is 26.2 Å². The molecule has 1 aromatic carbocycles. The highest BCUT2D eigenvalue weighted by atomic mass is 16.2. The SMILES string of the molecule is CC1(C(=O)N2CCC(c3ccccc3)C2)CCCNC1. The molecule has 0 saturated carbocycles. The fraction of sp³-hybridized carbons (Fsp3) is 0.588. The van der Waals surface area contributed by atoms with Gasteiger partial charge in [-0.25, -0.2) is 0 Å². The van der Waals surface area contributed by atoms with Crippen molar-refractivity contribution in [2.24, 2.45) is 5.41 Å². The Labute approximate surface area is 121 Å². The van der Waals surface area contributed by atoms with Crippen LogP contribution < -0.4 is 5.32 Å². The molecule has 2 unspecified atom stereocenters. The molecule has 2 aliphatic heterocycles. The minimum atomic E-state index is -0.191. The van der Waals surface area contributed by atoms with Gasteiger partial charge in [-0.2, -0.15) is 0 Å². The van der Waals surface area contributed by atoms with Gasteiger partial charge in [-0.1, -0.05) is 30.3 Å². The second-order valence-corrected chi connectivity index (χ2v) is 6.49. The average Bonchev–Trinajstić information content (AvgIpc) is 2.98. The molecule has 3 heteroatoms. The maximum atomic E-state index is 12.8. The summed E-state index contributed by atoms with van der Waals surface area (Å²) in [7, 11) is 0. The fourth-order valence-electron chi connectivity index (χ4n) is 3.56. The minimum absolute atomic E-state index is 0.191. The molecule has 2 heterocycles. The first-order chi connectivity index (χ1) is 9.69. The molecule has 0 radical (unpaired) electrons. The van der Waals surface area contributed by atoms with Crippen LogP contribution in [0.1, 0.15) is 37.7 Å². The molecule has 2 atom stereocenters. The van der Waals surface area contributed by atoms with Gasteiger partial charge in [-0.3, -0.25) is 4.79 Å². The maximum absolute atomic E-state index is 12.8. The second kappa shape index (κ2) is 5.57. The lowest BCUT2D eigenvalue weighted by Gasteiger charge is -2.36. The Hall–Kier alpha value is -1.35. The maximum Gasteiger partial charge on any atom is 0.229 e. The number of carbonyl (C=O) groups is 1. The van der Waals surface area contributed by atoms with E-state index in [9.17, 15) is 4.79 Å². The van der Waals surface area contributed by atoms with E-state index in [-0.39, 0.29) is 5.41 Å². The molecule has 2 saturated heterocycles. The van der Waals surface area contributed by atoms with Crippen LogP contribution in [0.15, 0.2) is 30.3 Å². The Balaban J connectivity index is 1.66. The number of likely N-dealkylation sites (tertiary alicyclic amines) is 1. The number of amides is 1. The molecule has 3 nitrogen and oxygen atoms in total. The van der Waals surface area contributed by atoms with Crippen molar-refractivity contribution in [3.63, 3.8) is 0 Å². The lowest BCUT2D eigenvalue weighted by atomic mass is 9.81. The molecule has 1 N–H and O–H groups in total. The summed E-state index contributed by atoms with van der Waals surface area (Å²) in [5, 5.41) is 3.38. The van der Waals surface area contributed by atoms with Crippen molar-refractivity contribution in [3.8, 4) is 0 Å². The van der Waals surface area contributed by atoms with Crippen LogP contribution in [0, 0.1) is 5.41 Å². The third-order valence-corrected chi connectivity index (χ3v) is 4.86. The zero-order chi connectivity index (χ0) is 14.0. The van der Waals surface area contributed by atoms with Crippen molar-refractivity contribution in [1.29, 1.82) is 0 Å². The van der Waals surface area contributed by atoms with Gasteiger partial charge in [0.05, 0.1) is 5.41 Å². The van der Waals surface area contributed by atoms with Gasteiger partial charge in [0.2, 0.25) is 5.91 Å². The molecule has 2 aliphatic rings. The number of hydrogen-bond donors (Lipinski definition) is 1. The van der Waals surface area contributed by atoms with E-state index < -0.39 is 0 Å². The van der Waals surface area contributed by atoms with E-state index in [0.29, 0.717) is 11.8 Å². The van der Waals surface area contributed by atoms with E-state index in [1.165, 1.54) is 5.56 Å². The van der Waals surface area contributed by atoms with E-state index in [1.54, 1.807) is 0 Å². The topological polar surface area (TPSA) is 32.3 Å². The third-order valence-electron chi connectivity index (χ3n) is 4.86. The van der Waals surface area contributed by atoms with Crippen LogP contribution in [0.4, 0.5) is 0 Å². The first-order valence-corrected chi connectivity index (χ1v) is 7.74. The highest BCUT2D eigenvalue weighted by Gasteiger charge is 2.40. The number of nitrogens with one attached hydrogen (secondary N) is 1. The van der Waals surface area contributed by atoms with Crippen molar-refractivity contribution in [2.45, 2.75) is 32.1 Å². The molecule has 0 spiro atoms. The first kappa shape index (κ1) is 13.6. The van der Waals surface area contributed by atoms with Crippen LogP contribution >= 0.6 is 0 Å². The Morgan fingerprint density at radius 1 is 1.35 bits per heavy atom. The summed E-state index contributed by atoms with van der Waals surface area (Å²) in [6, 6.07) is 10.6. The molecule has 20 heavy (non-hydrogen) atoms. The van der Waals surface area contributed by atoms with Gasteiger partial charge in [-0.15, -0.1) is 0 Å². The zero-order valence-corrected chi connectivity index (χ0v) is 12.3. The molecule has 108 valence electrons. The van der Waals surface area contributed by atoms with Crippen LogP contribution in [0.3, 0.4) is 0 Å². The van der Waals surface area contributed by atoms with E-state index >= 15 is 0 Å². The van der Waals surface area contributed by atoms with Crippen LogP contribution in [0.25, 0.3) is 0 Å². The number of rotatable bonds is 2. The summed E-state index contributed by atoms with van der Waals surface area (Å²) >= 11 is 0. The van der Waals surface area contributed by atoms with Crippen LogP contribution in [-0.2, 0) is 4.79 Å². The normalized spacial score (nSPS) is 30.4. The van der Waals surface area contributed by atoms with Gasteiger partial charge in [0.25, 0.3) is 0 Å². The van der Waals surface area contributed by atoms with E-state index in [0.717, 1.165) is 45.4 Å². The predicted octanol–water partition coefficient (Wildman–Crippen LogP) is 2.39. The Morgan fingerprint density at radius 2 is 2.15 bits per heavy atom. The van der Waals surface area contributed by atoms with Crippen LogP contribution in [0.2, 0.25) is 0 Å². The number of nitrogens with zero attached hydrogens (tertiary/aromatic N) is 1. The Bertz CT molecular complexity index is 465. The van der Waals surface area contributed by atoms with Crippen LogP contribution in [-0.4, -0.2) is 37.0 Å². The van der Waals surface area contributed by atoms with E-state index in [4.69, 9.17) is 0 Å². The van der Waals surface area contributed by atoms with Crippen molar-refractivity contribution >= 4 is 5.91 Å². The van der Waals surface area contributed by atoms with E-state index in [2.05, 4.69) is 47.5 Å². The quantitative estimate of drug-likeness (QED) is 0.896. The summed E-state index contributed by atoms with van der Waals surface area (Å²) < 4.78 is 0. The first-order valence-electron chi connectivity index (χ1n) is 7.74. The summed E-state index contributed by atoms with van der Waals surface area (Å²) in [4.78, 5) is 14.9. The van der Waals surface area contributed by atoms with Crippen LogP contribution in [0.5, 0.6) is 0 Å². The molecule has 0 aromatic heterocycles. The van der Waals surface area contributed by atoms with Gasteiger partial charge in [0.15, 0.2) is 0 Å². The number of piperidine rings is 1.